The summed E-state index contributed by atoms with van der Waals surface area (Å²) in [4.78, 5) is 30.0. The molecule has 2 aromatic heterocycles. The fourth-order valence-corrected chi connectivity index (χ4v) is 7.78. The summed E-state index contributed by atoms with van der Waals surface area (Å²) in [6, 6.07) is 7.07. The number of benzene rings is 1. The van der Waals surface area contributed by atoms with Crippen molar-refractivity contribution < 1.29 is 23.3 Å². The van der Waals surface area contributed by atoms with Gasteiger partial charge in [0.2, 0.25) is 5.95 Å². The van der Waals surface area contributed by atoms with E-state index >= 15 is 0 Å². The number of imidazole rings is 1. The number of carbonyl (C=O) groups excluding carboxylic acids is 1. The Labute approximate surface area is 273 Å². The Morgan fingerprint density at radius 3 is 2.71 bits per heavy atom. The topological polar surface area (TPSA) is 151 Å². The van der Waals surface area contributed by atoms with Crippen molar-refractivity contribution in [1.29, 1.82) is 0 Å². The molecule has 2 aliphatic carbocycles. The van der Waals surface area contributed by atoms with E-state index in [9.17, 15) is 4.79 Å². The Morgan fingerprint density at radius 2 is 2.02 bits per heavy atom. The number of nitrogens with one attached hydrogen (secondary N) is 2. The zero-order chi connectivity index (χ0) is 31.6. The van der Waals surface area contributed by atoms with Crippen LogP contribution in [0, 0.1) is 5.92 Å². The number of halogens is 1. The molecule has 3 fully saturated rings. The Balaban J connectivity index is 1.15. The number of fused-ring (bicyclic) bond motifs is 1. The average Bonchev–Trinajstić information content (AvgIpc) is 3.31. The first-order chi connectivity index (χ1) is 21.8. The highest BCUT2D eigenvalue weighted by Gasteiger charge is 2.54. The van der Waals surface area contributed by atoms with Crippen molar-refractivity contribution >= 4 is 61.0 Å². The van der Waals surface area contributed by atoms with E-state index in [1.807, 2.05) is 22.8 Å². The molecule has 3 aromatic rings. The van der Waals surface area contributed by atoms with E-state index in [4.69, 9.17) is 35.9 Å². The zero-order valence-electron chi connectivity index (χ0n) is 25.6. The quantitative estimate of drug-likeness (QED) is 0.0850. The number of rotatable bonds is 14. The van der Waals surface area contributed by atoms with Crippen LogP contribution in [0.5, 0.6) is 5.75 Å². The smallest absolute Gasteiger partial charge is 0.327 e. The van der Waals surface area contributed by atoms with Gasteiger partial charge in [0, 0.05) is 17.5 Å². The predicted molar refractivity (Wildman–Crippen MR) is 175 cm³/mol. The van der Waals surface area contributed by atoms with Gasteiger partial charge in [0.05, 0.1) is 19.0 Å². The first-order valence-corrected chi connectivity index (χ1v) is 18.1. The van der Waals surface area contributed by atoms with E-state index < -0.39 is 14.1 Å². The van der Waals surface area contributed by atoms with Crippen molar-refractivity contribution in [2.75, 3.05) is 30.1 Å². The number of nitrogens with two attached hydrogens (primary N) is 1. The van der Waals surface area contributed by atoms with Crippen LogP contribution >= 0.6 is 32.1 Å². The second-order valence-corrected chi connectivity index (χ2v) is 13.9. The van der Waals surface area contributed by atoms with E-state index in [-0.39, 0.29) is 42.9 Å². The lowest BCUT2D eigenvalue weighted by molar-refractivity contribution is -0.152. The molecule has 45 heavy (non-hydrogen) atoms. The van der Waals surface area contributed by atoms with Gasteiger partial charge in [-0.15, -0.1) is 0 Å². The van der Waals surface area contributed by atoms with E-state index in [0.717, 1.165) is 32.1 Å². The summed E-state index contributed by atoms with van der Waals surface area (Å²) < 4.78 is 26.9. The van der Waals surface area contributed by atoms with Gasteiger partial charge in [0.1, 0.15) is 23.6 Å². The maximum Gasteiger partial charge on any atom is 0.327 e. The molecule has 0 bridgehead atoms. The maximum atomic E-state index is 13.2. The summed E-state index contributed by atoms with van der Waals surface area (Å²) >= 11 is 7.55. The Bertz CT molecular complexity index is 1470. The van der Waals surface area contributed by atoms with Gasteiger partial charge in [-0.3, -0.25) is 14.4 Å². The molecule has 3 heterocycles. The molecule has 4 atom stereocenters. The van der Waals surface area contributed by atoms with E-state index in [1.54, 1.807) is 30.6 Å². The van der Waals surface area contributed by atoms with Crippen LogP contribution < -0.4 is 25.2 Å². The fourth-order valence-electron chi connectivity index (χ4n) is 5.78. The number of ether oxygens (including phenoxy) is 2. The number of hydrogen-bond donors (Lipinski definition) is 3. The van der Waals surface area contributed by atoms with Crippen LogP contribution in [0.2, 0.25) is 5.02 Å². The summed E-state index contributed by atoms with van der Waals surface area (Å²) in [5.74, 6) is 1.26. The molecule has 2 saturated carbocycles. The number of nitrogens with zero attached hydrogens (tertiary/aromatic N) is 5. The molecule has 4 N–H and O–H groups in total. The Morgan fingerprint density at radius 1 is 1.27 bits per heavy atom. The van der Waals surface area contributed by atoms with Crippen LogP contribution in [0.25, 0.3) is 11.2 Å². The first-order valence-electron chi connectivity index (χ1n) is 15.4. The zero-order valence-corrected chi connectivity index (χ0v) is 28.1. The second kappa shape index (κ2) is 14.1. The van der Waals surface area contributed by atoms with Crippen LogP contribution in [0.15, 0.2) is 30.6 Å². The molecule has 1 saturated heterocycles. The normalized spacial score (nSPS) is 23.3. The van der Waals surface area contributed by atoms with Crippen LogP contribution in [0.1, 0.15) is 65.0 Å². The van der Waals surface area contributed by atoms with Gasteiger partial charge < -0.3 is 24.3 Å². The Kier molecular flexibility index (Phi) is 10.2. The second-order valence-electron chi connectivity index (χ2n) is 11.7. The molecule has 6 rings (SSSR count). The first kappa shape index (κ1) is 32.5. The number of nitrogen functional groups attached to an aromatic ring is 1. The molecular formula is C29H40ClN8O5PS. The van der Waals surface area contributed by atoms with Gasteiger partial charge >= 0.3 is 14.5 Å². The van der Waals surface area contributed by atoms with Crippen molar-refractivity contribution in [1.82, 2.24) is 29.4 Å². The van der Waals surface area contributed by atoms with Gasteiger partial charge in [0.25, 0.3) is 0 Å². The van der Waals surface area contributed by atoms with Gasteiger partial charge in [-0.2, -0.15) is 14.8 Å². The molecule has 16 heteroatoms. The summed E-state index contributed by atoms with van der Waals surface area (Å²) in [6.45, 7) is 5.06. The van der Waals surface area contributed by atoms with Crippen LogP contribution in [-0.4, -0.2) is 62.6 Å². The van der Waals surface area contributed by atoms with Crippen molar-refractivity contribution in [3.63, 3.8) is 0 Å². The molecule has 3 aliphatic rings. The summed E-state index contributed by atoms with van der Waals surface area (Å²) in [7, 11) is -1.71. The third kappa shape index (κ3) is 7.43. The number of aromatic nitrogens is 4. The van der Waals surface area contributed by atoms with Crippen LogP contribution in [0.4, 0.5) is 11.8 Å². The molecule has 0 radical (unpaired) electrons. The number of hydrogen-bond acceptors (Lipinski definition) is 13. The van der Waals surface area contributed by atoms with Crippen molar-refractivity contribution in [2.45, 2.75) is 82.8 Å². The maximum absolute atomic E-state index is 13.2. The third-order valence-electron chi connectivity index (χ3n) is 8.32. The lowest BCUT2D eigenvalue weighted by atomic mass is 10.1. The average molecular weight is 679 g/mol. The highest BCUT2D eigenvalue weighted by atomic mass is 35.5. The lowest BCUT2D eigenvalue weighted by Gasteiger charge is -2.25. The van der Waals surface area contributed by atoms with Crippen molar-refractivity contribution in [3.8, 4) is 5.75 Å². The van der Waals surface area contributed by atoms with Gasteiger partial charge in [-0.25, -0.2) is 10.1 Å². The SMILES string of the molecule is CCN(NSC)c1nc(N)nc2c1ncn2C1OC(COP(NC2(C(=O)OC3CCCC3)CC2)Oc2ccc(Cl)cc2)CC1C. The van der Waals surface area contributed by atoms with Gasteiger partial charge in [-0.05, 0) is 82.4 Å². The minimum absolute atomic E-state index is 0.00536. The molecule has 244 valence electrons. The van der Waals surface area contributed by atoms with Crippen molar-refractivity contribution in [2.24, 2.45) is 5.92 Å². The summed E-state index contributed by atoms with van der Waals surface area (Å²) in [5.41, 5.74) is 6.57. The molecule has 0 amide bonds. The van der Waals surface area contributed by atoms with Gasteiger partial charge in [0.15, 0.2) is 17.0 Å². The monoisotopic (exact) mass is 678 g/mol. The fraction of sp³-hybridized carbons (Fsp3) is 0.586. The number of hydrazine groups is 1. The highest BCUT2D eigenvalue weighted by molar-refractivity contribution is 7.96. The molecule has 13 nitrogen and oxygen atoms in total. The number of carbonyl (C=O) groups is 1. The minimum Gasteiger partial charge on any atom is -0.461 e. The highest BCUT2D eigenvalue weighted by Crippen LogP contribution is 2.48. The summed E-state index contributed by atoms with van der Waals surface area (Å²) in [6.07, 6.45) is 9.22. The van der Waals surface area contributed by atoms with E-state index in [2.05, 4.69) is 31.8 Å². The number of esters is 1. The standard InChI is InChI=1S/C29H40ClN8O5PS/c1-4-38(36-45-3)25-23-24(33-28(31)34-25)37(17-32-23)26-18(2)15-22(41-26)16-40-44(43-21-11-9-19(30)10-12-21)35-29(13-14-29)27(39)42-20-7-5-6-8-20/h9-12,17-18,20,22,26,35-36H,4-8,13-16H2,1-3H3,(H2,31,33,34). The van der Waals surface area contributed by atoms with E-state index in [1.165, 1.54) is 11.9 Å². The molecule has 1 aromatic carbocycles. The van der Waals surface area contributed by atoms with E-state index in [0.29, 0.717) is 47.1 Å². The predicted octanol–water partition coefficient (Wildman–Crippen LogP) is 5.52. The lowest BCUT2D eigenvalue weighted by Crippen LogP contribution is -2.40. The van der Waals surface area contributed by atoms with Crippen LogP contribution in [-0.2, 0) is 18.8 Å². The molecule has 1 aliphatic heterocycles. The molecule has 4 unspecified atom stereocenters. The molecular weight excluding hydrogens is 639 g/mol. The summed E-state index contributed by atoms with van der Waals surface area (Å²) in [5, 5.41) is 5.86. The Hall–Kier alpha value is -2.45. The van der Waals surface area contributed by atoms with Crippen molar-refractivity contribution in [3.05, 3.63) is 35.6 Å². The largest absolute Gasteiger partial charge is 0.461 e. The third-order valence-corrected chi connectivity index (χ3v) is 10.3. The van der Waals surface area contributed by atoms with Crippen LogP contribution in [0.3, 0.4) is 0 Å². The minimum atomic E-state index is -1.71. The van der Waals surface area contributed by atoms with Gasteiger partial charge in [-0.1, -0.05) is 30.5 Å². The molecule has 0 spiro atoms. The number of anilines is 2.